The third-order valence-electron chi connectivity index (χ3n) is 3.35. The molecular weight excluding hydrogens is 246 g/mol. The Bertz CT molecular complexity index is 797. The van der Waals surface area contributed by atoms with Crippen molar-refractivity contribution >= 4 is 22.3 Å². The maximum absolute atomic E-state index is 9.01. The number of para-hydroxylation sites is 1. The van der Waals surface area contributed by atoms with Gasteiger partial charge in [0.25, 0.3) is 0 Å². The molecule has 0 bridgehead atoms. The largest absolute Gasteiger partial charge is 0.344 e. The number of benzene rings is 2. The highest BCUT2D eigenvalue weighted by molar-refractivity contribution is 5.93. The minimum atomic E-state index is 0.660. The van der Waals surface area contributed by atoms with Crippen LogP contribution in [0.15, 0.2) is 60.8 Å². The Balaban J connectivity index is 2.13. The van der Waals surface area contributed by atoms with Gasteiger partial charge in [-0.15, -0.1) is 0 Å². The summed E-state index contributed by atoms with van der Waals surface area (Å²) in [5, 5.41) is 10.1. The van der Waals surface area contributed by atoms with Gasteiger partial charge < -0.3 is 4.90 Å². The van der Waals surface area contributed by atoms with Crippen molar-refractivity contribution in [2.45, 2.75) is 0 Å². The molecule has 0 aliphatic rings. The van der Waals surface area contributed by atoms with E-state index in [2.05, 4.69) is 22.0 Å². The lowest BCUT2D eigenvalue weighted by Gasteiger charge is -2.21. The molecule has 96 valence electrons. The third-order valence-corrected chi connectivity index (χ3v) is 3.35. The lowest BCUT2D eigenvalue weighted by Crippen LogP contribution is -2.10. The van der Waals surface area contributed by atoms with Crippen LogP contribution in [0.5, 0.6) is 0 Å². The second-order valence-corrected chi connectivity index (χ2v) is 4.57. The van der Waals surface area contributed by atoms with E-state index in [1.807, 2.05) is 61.8 Å². The number of nitriles is 1. The molecule has 0 amide bonds. The Morgan fingerprint density at radius 3 is 2.75 bits per heavy atom. The smallest absolute Gasteiger partial charge is 0.0992 e. The minimum absolute atomic E-state index is 0.660. The van der Waals surface area contributed by atoms with E-state index in [1.165, 1.54) is 0 Å². The Labute approximate surface area is 117 Å². The average molecular weight is 259 g/mol. The second kappa shape index (κ2) is 5.02. The van der Waals surface area contributed by atoms with E-state index in [0.717, 1.165) is 22.3 Å². The molecule has 20 heavy (non-hydrogen) atoms. The first-order chi connectivity index (χ1) is 9.79. The van der Waals surface area contributed by atoms with Crippen molar-refractivity contribution in [2.24, 2.45) is 0 Å². The molecule has 0 aliphatic carbocycles. The fourth-order valence-corrected chi connectivity index (χ4v) is 2.30. The zero-order chi connectivity index (χ0) is 13.9. The summed E-state index contributed by atoms with van der Waals surface area (Å²) in [7, 11) is 2.00. The van der Waals surface area contributed by atoms with Crippen LogP contribution in [0.1, 0.15) is 5.56 Å². The summed E-state index contributed by atoms with van der Waals surface area (Å²) < 4.78 is 0. The Hall–Kier alpha value is -2.86. The summed E-state index contributed by atoms with van der Waals surface area (Å²) in [5.41, 5.74) is 3.69. The van der Waals surface area contributed by atoms with Gasteiger partial charge in [0, 0.05) is 24.3 Å². The van der Waals surface area contributed by atoms with Crippen LogP contribution >= 0.6 is 0 Å². The van der Waals surface area contributed by atoms with Crippen molar-refractivity contribution < 1.29 is 0 Å². The van der Waals surface area contributed by atoms with Crippen LogP contribution in [0.25, 0.3) is 10.9 Å². The maximum Gasteiger partial charge on any atom is 0.0992 e. The first-order valence-corrected chi connectivity index (χ1v) is 6.37. The lowest BCUT2D eigenvalue weighted by atomic mass is 10.1. The first kappa shape index (κ1) is 12.2. The van der Waals surface area contributed by atoms with Crippen molar-refractivity contribution in [1.29, 1.82) is 5.26 Å². The van der Waals surface area contributed by atoms with Crippen molar-refractivity contribution in [2.75, 3.05) is 11.9 Å². The molecule has 0 atom stereocenters. The van der Waals surface area contributed by atoms with Crippen molar-refractivity contribution in [3.8, 4) is 6.07 Å². The Kier molecular flexibility index (Phi) is 3.06. The number of hydrogen-bond donors (Lipinski definition) is 0. The molecule has 0 aliphatic heterocycles. The monoisotopic (exact) mass is 259 g/mol. The second-order valence-electron chi connectivity index (χ2n) is 4.57. The predicted octanol–water partition coefficient (Wildman–Crippen LogP) is 3.87. The van der Waals surface area contributed by atoms with E-state index in [-0.39, 0.29) is 0 Å². The van der Waals surface area contributed by atoms with Gasteiger partial charge in [-0.05, 0) is 30.3 Å². The Morgan fingerprint density at radius 2 is 1.90 bits per heavy atom. The van der Waals surface area contributed by atoms with Gasteiger partial charge in [0.15, 0.2) is 0 Å². The number of fused-ring (bicyclic) bond motifs is 1. The van der Waals surface area contributed by atoms with Gasteiger partial charge in [-0.2, -0.15) is 5.26 Å². The van der Waals surface area contributed by atoms with Crippen LogP contribution in [0.4, 0.5) is 11.4 Å². The molecule has 1 aromatic heterocycles. The molecule has 3 rings (SSSR count). The summed E-state index contributed by atoms with van der Waals surface area (Å²) in [6.45, 7) is 0. The number of hydrogen-bond acceptors (Lipinski definition) is 3. The predicted molar refractivity (Wildman–Crippen MR) is 81.0 cm³/mol. The quantitative estimate of drug-likeness (QED) is 0.701. The van der Waals surface area contributed by atoms with Gasteiger partial charge in [0.2, 0.25) is 0 Å². The molecule has 1 heterocycles. The van der Waals surface area contributed by atoms with Crippen LogP contribution < -0.4 is 4.90 Å². The number of anilines is 2. The summed E-state index contributed by atoms with van der Waals surface area (Å²) in [4.78, 5) is 6.45. The number of pyridine rings is 1. The zero-order valence-corrected chi connectivity index (χ0v) is 11.1. The number of aromatic nitrogens is 1. The molecule has 0 saturated carbocycles. The fraction of sp³-hybridized carbons (Fsp3) is 0.0588. The van der Waals surface area contributed by atoms with Crippen molar-refractivity contribution in [1.82, 2.24) is 4.98 Å². The molecule has 0 unspecified atom stereocenters. The molecule has 3 nitrogen and oxygen atoms in total. The van der Waals surface area contributed by atoms with Crippen LogP contribution in [-0.4, -0.2) is 12.0 Å². The van der Waals surface area contributed by atoms with Gasteiger partial charge in [-0.1, -0.05) is 24.3 Å². The third kappa shape index (κ3) is 2.08. The standard InChI is InChI=1S/C17H13N3/c1-20(14-6-4-5-13(11-14)12-18)17-9-10-19-16-8-3-2-7-15(16)17/h2-11H,1H3. The maximum atomic E-state index is 9.01. The molecular formula is C17H13N3. The lowest BCUT2D eigenvalue weighted by molar-refractivity contribution is 1.21. The summed E-state index contributed by atoms with van der Waals surface area (Å²) >= 11 is 0. The molecule has 3 aromatic rings. The van der Waals surface area contributed by atoms with E-state index in [1.54, 1.807) is 0 Å². The first-order valence-electron chi connectivity index (χ1n) is 6.37. The van der Waals surface area contributed by atoms with E-state index >= 15 is 0 Å². The van der Waals surface area contributed by atoms with Crippen molar-refractivity contribution in [3.05, 3.63) is 66.4 Å². The van der Waals surface area contributed by atoms with E-state index < -0.39 is 0 Å². The summed E-state index contributed by atoms with van der Waals surface area (Å²) in [6, 6.07) is 19.8. The van der Waals surface area contributed by atoms with Crippen LogP contribution in [0.2, 0.25) is 0 Å². The molecule has 0 fully saturated rings. The minimum Gasteiger partial charge on any atom is -0.344 e. The zero-order valence-electron chi connectivity index (χ0n) is 11.1. The molecule has 0 radical (unpaired) electrons. The van der Waals surface area contributed by atoms with Gasteiger partial charge in [-0.25, -0.2) is 0 Å². The number of rotatable bonds is 2. The average Bonchev–Trinajstić information content (AvgIpc) is 2.53. The van der Waals surface area contributed by atoms with Crippen LogP contribution in [0, 0.1) is 11.3 Å². The highest BCUT2D eigenvalue weighted by Gasteiger charge is 2.08. The molecule has 0 saturated heterocycles. The van der Waals surface area contributed by atoms with E-state index in [9.17, 15) is 0 Å². The highest BCUT2D eigenvalue weighted by Crippen LogP contribution is 2.30. The van der Waals surface area contributed by atoms with Gasteiger partial charge >= 0.3 is 0 Å². The summed E-state index contributed by atoms with van der Waals surface area (Å²) in [6.07, 6.45) is 1.81. The van der Waals surface area contributed by atoms with Gasteiger partial charge in [-0.3, -0.25) is 4.98 Å². The van der Waals surface area contributed by atoms with E-state index in [0.29, 0.717) is 5.56 Å². The topological polar surface area (TPSA) is 39.9 Å². The molecule has 2 aromatic carbocycles. The number of nitrogens with zero attached hydrogens (tertiary/aromatic N) is 3. The highest BCUT2D eigenvalue weighted by atomic mass is 15.1. The fourth-order valence-electron chi connectivity index (χ4n) is 2.30. The van der Waals surface area contributed by atoms with Crippen LogP contribution in [-0.2, 0) is 0 Å². The SMILES string of the molecule is CN(c1cccc(C#N)c1)c1ccnc2ccccc12. The normalized spacial score (nSPS) is 10.2. The summed E-state index contributed by atoms with van der Waals surface area (Å²) in [5.74, 6) is 0. The molecule has 0 spiro atoms. The molecule has 3 heteroatoms. The van der Waals surface area contributed by atoms with Gasteiger partial charge in [0.1, 0.15) is 0 Å². The molecule has 0 N–H and O–H groups in total. The Morgan fingerprint density at radius 1 is 1.05 bits per heavy atom. The van der Waals surface area contributed by atoms with E-state index in [4.69, 9.17) is 5.26 Å². The van der Waals surface area contributed by atoms with Gasteiger partial charge in [0.05, 0.1) is 22.8 Å². The van der Waals surface area contributed by atoms with Crippen LogP contribution in [0.3, 0.4) is 0 Å². The van der Waals surface area contributed by atoms with Crippen molar-refractivity contribution in [3.63, 3.8) is 0 Å².